The van der Waals surface area contributed by atoms with Crippen molar-refractivity contribution < 1.29 is 9.18 Å². The van der Waals surface area contributed by atoms with E-state index in [1.54, 1.807) is 20.8 Å². The van der Waals surface area contributed by atoms with Gasteiger partial charge in [0, 0.05) is 6.04 Å². The molecule has 0 aromatic rings. The monoisotopic (exact) mass is 240 g/mol. The first-order valence-electron chi connectivity index (χ1n) is 6.23. The molecule has 1 aliphatic carbocycles. The van der Waals surface area contributed by atoms with E-state index in [4.69, 9.17) is 0 Å². The van der Waals surface area contributed by atoms with Gasteiger partial charge in [-0.05, 0) is 44.6 Å². The van der Waals surface area contributed by atoms with Gasteiger partial charge in [0.25, 0.3) is 0 Å². The van der Waals surface area contributed by atoms with Crippen molar-refractivity contribution in [3.8, 4) is 0 Å². The van der Waals surface area contributed by atoms with Crippen LogP contribution in [0.1, 0.15) is 40.5 Å². The second kappa shape index (κ2) is 4.09. The summed E-state index contributed by atoms with van der Waals surface area (Å²) in [6.45, 7) is 7.29. The van der Waals surface area contributed by atoms with Crippen LogP contribution in [0.25, 0.3) is 0 Å². The predicted molar refractivity (Wildman–Crippen MR) is 65.1 cm³/mol. The maximum absolute atomic E-state index is 13.6. The third-order valence-electron chi connectivity index (χ3n) is 3.96. The summed E-state index contributed by atoms with van der Waals surface area (Å²) in [6.07, 6.45) is 2.03. The highest BCUT2D eigenvalue weighted by molar-refractivity contribution is 5.83. The fourth-order valence-corrected chi connectivity index (χ4v) is 2.64. The van der Waals surface area contributed by atoms with Crippen molar-refractivity contribution in [3.63, 3.8) is 0 Å². The van der Waals surface area contributed by atoms with E-state index in [1.807, 2.05) is 0 Å². The van der Waals surface area contributed by atoms with E-state index < -0.39 is 6.04 Å². The highest BCUT2D eigenvalue weighted by Gasteiger charge is 2.58. The number of hydrogen-bond acceptors (Lipinski definition) is 2. The van der Waals surface area contributed by atoms with Crippen LogP contribution in [0, 0.1) is 5.41 Å². The first-order valence-corrected chi connectivity index (χ1v) is 6.23. The van der Waals surface area contributed by atoms with Crippen LogP contribution in [0.5, 0.6) is 0 Å². The zero-order valence-corrected chi connectivity index (χ0v) is 10.9. The zero-order chi connectivity index (χ0) is 12.8. The summed E-state index contributed by atoms with van der Waals surface area (Å²) < 4.78 is 13.6. The number of rotatable bonds is 3. The topological polar surface area (TPSA) is 41.1 Å². The van der Waals surface area contributed by atoms with Gasteiger partial charge in [0.1, 0.15) is 5.83 Å². The highest BCUT2D eigenvalue weighted by Crippen LogP contribution is 2.53. The largest absolute Gasteiger partial charge is 0.346 e. The smallest absolute Gasteiger partial charge is 0.237 e. The third kappa shape index (κ3) is 2.37. The van der Waals surface area contributed by atoms with E-state index in [-0.39, 0.29) is 17.8 Å². The summed E-state index contributed by atoms with van der Waals surface area (Å²) in [7, 11) is 0. The molecule has 2 aliphatic rings. The molecule has 1 amide bonds. The van der Waals surface area contributed by atoms with Gasteiger partial charge in [-0.25, -0.2) is 4.39 Å². The van der Waals surface area contributed by atoms with E-state index in [0.29, 0.717) is 17.0 Å². The van der Waals surface area contributed by atoms with E-state index in [1.165, 1.54) is 0 Å². The minimum absolute atomic E-state index is 0.0812. The number of carbonyl (C=O) groups is 1. The van der Waals surface area contributed by atoms with Crippen LogP contribution < -0.4 is 10.6 Å². The minimum atomic E-state index is -0.529. The molecule has 17 heavy (non-hydrogen) atoms. The quantitative estimate of drug-likeness (QED) is 0.791. The molecular formula is C13H21FN2O. The molecule has 3 unspecified atom stereocenters. The molecule has 2 rings (SSSR count). The van der Waals surface area contributed by atoms with Crippen molar-refractivity contribution in [2.45, 2.75) is 58.7 Å². The number of amides is 1. The first-order chi connectivity index (χ1) is 7.83. The summed E-state index contributed by atoms with van der Waals surface area (Å²) >= 11 is 0. The average Bonchev–Trinajstić information content (AvgIpc) is 2.75. The lowest BCUT2D eigenvalue weighted by Gasteiger charge is -2.18. The number of carbonyl (C=O) groups excluding carboxylic acids is 1. The summed E-state index contributed by atoms with van der Waals surface area (Å²) in [5.41, 5.74) is 0.923. The average molecular weight is 240 g/mol. The van der Waals surface area contributed by atoms with Gasteiger partial charge in [-0.2, -0.15) is 0 Å². The van der Waals surface area contributed by atoms with Gasteiger partial charge in [-0.3, -0.25) is 4.79 Å². The Morgan fingerprint density at radius 3 is 2.59 bits per heavy atom. The Hall–Kier alpha value is -0.900. The van der Waals surface area contributed by atoms with Crippen LogP contribution in [0.4, 0.5) is 4.39 Å². The summed E-state index contributed by atoms with van der Waals surface area (Å²) in [5, 5.41) is 6.02. The second-order valence-electron chi connectivity index (χ2n) is 5.91. The van der Waals surface area contributed by atoms with Crippen LogP contribution >= 0.6 is 0 Å². The Labute approximate surface area is 102 Å². The lowest BCUT2D eigenvalue weighted by molar-refractivity contribution is -0.123. The van der Waals surface area contributed by atoms with E-state index >= 15 is 0 Å². The fourth-order valence-electron chi connectivity index (χ4n) is 2.64. The van der Waals surface area contributed by atoms with Crippen molar-refractivity contribution in [1.82, 2.24) is 10.6 Å². The molecule has 96 valence electrons. The third-order valence-corrected chi connectivity index (χ3v) is 3.96. The molecule has 0 radical (unpaired) electrons. The van der Waals surface area contributed by atoms with Crippen LogP contribution in [-0.2, 0) is 4.79 Å². The standard InChI is InChI=1S/C13H21FN2O/c1-7(2)11(14)8(3)15-12(17)9-5-13(4)6-10(13)16-9/h8-10,16H,5-6H2,1-4H3,(H,15,17)/t8-,9?,10?,13?/m0/s1. The molecule has 0 spiro atoms. The molecular weight excluding hydrogens is 219 g/mol. The molecule has 4 atom stereocenters. The SMILES string of the molecule is CC(C)=C(F)[C@H](C)NC(=O)C1CC2(C)CC2N1. The zero-order valence-electron chi connectivity index (χ0n) is 10.9. The molecule has 0 aromatic heterocycles. The van der Waals surface area contributed by atoms with E-state index in [2.05, 4.69) is 17.6 Å². The van der Waals surface area contributed by atoms with Crippen LogP contribution in [-0.4, -0.2) is 24.0 Å². The maximum Gasteiger partial charge on any atom is 0.237 e. The second-order valence-corrected chi connectivity index (χ2v) is 5.91. The Kier molecular flexibility index (Phi) is 3.02. The van der Waals surface area contributed by atoms with E-state index in [0.717, 1.165) is 12.8 Å². The minimum Gasteiger partial charge on any atom is -0.346 e. The van der Waals surface area contributed by atoms with Gasteiger partial charge in [0.05, 0.1) is 12.1 Å². The van der Waals surface area contributed by atoms with Crippen molar-refractivity contribution in [2.75, 3.05) is 0 Å². The molecule has 1 saturated heterocycles. The number of piperidine rings is 1. The number of hydrogen-bond donors (Lipinski definition) is 2. The Balaban J connectivity index is 1.88. The van der Waals surface area contributed by atoms with Gasteiger partial charge in [-0.15, -0.1) is 0 Å². The molecule has 1 saturated carbocycles. The molecule has 1 aliphatic heterocycles. The lowest BCUT2D eigenvalue weighted by atomic mass is 10.0. The Bertz CT molecular complexity index is 376. The van der Waals surface area contributed by atoms with E-state index in [9.17, 15) is 9.18 Å². The van der Waals surface area contributed by atoms with Crippen LogP contribution in [0.2, 0.25) is 0 Å². The van der Waals surface area contributed by atoms with Crippen LogP contribution in [0.3, 0.4) is 0 Å². The van der Waals surface area contributed by atoms with Gasteiger partial charge >= 0.3 is 0 Å². The molecule has 4 heteroatoms. The normalized spacial score (nSPS) is 36.1. The number of fused-ring (bicyclic) bond motifs is 1. The maximum atomic E-state index is 13.6. The summed E-state index contributed by atoms with van der Waals surface area (Å²) in [6, 6.07) is -0.188. The number of nitrogens with one attached hydrogen (secondary N) is 2. The van der Waals surface area contributed by atoms with Gasteiger partial charge in [-0.1, -0.05) is 6.92 Å². The molecule has 3 nitrogen and oxygen atoms in total. The van der Waals surface area contributed by atoms with Gasteiger partial charge < -0.3 is 10.6 Å². The molecule has 1 heterocycles. The van der Waals surface area contributed by atoms with Gasteiger partial charge in [0.15, 0.2) is 0 Å². The first kappa shape index (κ1) is 12.6. The molecule has 2 fully saturated rings. The molecule has 0 aromatic carbocycles. The van der Waals surface area contributed by atoms with Crippen LogP contribution in [0.15, 0.2) is 11.4 Å². The number of allylic oxidation sites excluding steroid dienone is 1. The van der Waals surface area contributed by atoms with Crippen molar-refractivity contribution >= 4 is 5.91 Å². The van der Waals surface area contributed by atoms with Crippen molar-refractivity contribution in [2.24, 2.45) is 5.41 Å². The number of halogens is 1. The lowest BCUT2D eigenvalue weighted by Crippen LogP contribution is -2.45. The summed E-state index contributed by atoms with van der Waals surface area (Å²) in [5.74, 6) is -0.324. The Morgan fingerprint density at radius 2 is 2.12 bits per heavy atom. The van der Waals surface area contributed by atoms with Crippen molar-refractivity contribution in [3.05, 3.63) is 11.4 Å². The fraction of sp³-hybridized carbons (Fsp3) is 0.769. The Morgan fingerprint density at radius 1 is 1.47 bits per heavy atom. The summed E-state index contributed by atoms with van der Waals surface area (Å²) in [4.78, 5) is 11.9. The highest BCUT2D eigenvalue weighted by atomic mass is 19.1. The van der Waals surface area contributed by atoms with Crippen molar-refractivity contribution in [1.29, 1.82) is 0 Å². The molecule has 0 bridgehead atoms. The molecule has 2 N–H and O–H groups in total. The van der Waals surface area contributed by atoms with Gasteiger partial charge in [0.2, 0.25) is 5.91 Å². The predicted octanol–water partition coefficient (Wildman–Crippen LogP) is 1.90.